The highest BCUT2D eigenvalue weighted by Gasteiger charge is 2.42. The Balaban J connectivity index is 2.06. The number of ether oxygens (including phenoxy) is 3. The molecule has 1 unspecified atom stereocenters. The van der Waals surface area contributed by atoms with Crippen LogP contribution in [0.1, 0.15) is 44.7 Å². The van der Waals surface area contributed by atoms with Crippen molar-refractivity contribution < 1.29 is 28.6 Å². The van der Waals surface area contributed by atoms with Gasteiger partial charge in [-0.05, 0) is 31.9 Å². The SMILES string of the molecule is CC(C)(C)OC(=O)CC(N)(CC(=O)OCc1ccccc1)C(=O)OCc1ccccc1. The standard InChI is InChI=1S/C24H29NO6/c1-23(2,3)31-21(27)15-24(25,22(28)30-17-19-12-8-5-9-13-19)14-20(26)29-16-18-10-6-4-7-11-18/h4-13H,14-17,25H2,1-3H3. The van der Waals surface area contributed by atoms with Crippen molar-refractivity contribution >= 4 is 17.9 Å². The summed E-state index contributed by atoms with van der Waals surface area (Å²) in [6.07, 6.45) is -1.04. The van der Waals surface area contributed by atoms with Gasteiger partial charge < -0.3 is 19.9 Å². The third-order valence-corrected chi connectivity index (χ3v) is 4.20. The molecule has 0 saturated carbocycles. The van der Waals surface area contributed by atoms with Crippen LogP contribution in [0.15, 0.2) is 60.7 Å². The molecule has 0 aliphatic heterocycles. The second-order valence-electron chi connectivity index (χ2n) is 8.30. The van der Waals surface area contributed by atoms with Crippen molar-refractivity contribution in [1.29, 1.82) is 0 Å². The molecule has 166 valence electrons. The van der Waals surface area contributed by atoms with Gasteiger partial charge in [-0.15, -0.1) is 0 Å². The zero-order valence-corrected chi connectivity index (χ0v) is 18.1. The number of rotatable bonds is 9. The van der Waals surface area contributed by atoms with Crippen LogP contribution >= 0.6 is 0 Å². The summed E-state index contributed by atoms with van der Waals surface area (Å²) in [6, 6.07) is 18.1. The first kappa shape index (κ1) is 24.1. The number of hydrogen-bond acceptors (Lipinski definition) is 7. The van der Waals surface area contributed by atoms with E-state index in [1.807, 2.05) is 24.3 Å². The molecule has 0 aliphatic rings. The average molecular weight is 427 g/mol. The van der Waals surface area contributed by atoms with E-state index in [1.54, 1.807) is 57.2 Å². The van der Waals surface area contributed by atoms with Crippen LogP contribution < -0.4 is 5.73 Å². The highest BCUT2D eigenvalue weighted by molar-refractivity contribution is 5.91. The van der Waals surface area contributed by atoms with Gasteiger partial charge in [0, 0.05) is 0 Å². The lowest BCUT2D eigenvalue weighted by Crippen LogP contribution is -2.53. The Morgan fingerprint density at radius 2 is 1.19 bits per heavy atom. The van der Waals surface area contributed by atoms with Gasteiger partial charge in [0.25, 0.3) is 0 Å². The van der Waals surface area contributed by atoms with Crippen molar-refractivity contribution in [2.45, 2.75) is 58.0 Å². The highest BCUT2D eigenvalue weighted by Crippen LogP contribution is 2.20. The molecule has 1 atom stereocenters. The minimum absolute atomic E-state index is 0.0290. The molecule has 7 heteroatoms. The molecule has 0 aliphatic carbocycles. The van der Waals surface area contributed by atoms with E-state index >= 15 is 0 Å². The van der Waals surface area contributed by atoms with Crippen molar-refractivity contribution in [2.75, 3.05) is 0 Å². The van der Waals surface area contributed by atoms with E-state index < -0.39 is 41.9 Å². The number of carbonyl (C=O) groups excluding carboxylic acids is 3. The summed E-state index contributed by atoms with van der Waals surface area (Å²) in [5.74, 6) is -2.30. The molecule has 0 fully saturated rings. The first-order valence-corrected chi connectivity index (χ1v) is 9.99. The van der Waals surface area contributed by atoms with E-state index in [-0.39, 0.29) is 13.2 Å². The van der Waals surface area contributed by atoms with Gasteiger partial charge in [0.15, 0.2) is 0 Å². The number of benzene rings is 2. The largest absolute Gasteiger partial charge is 0.461 e. The molecule has 0 radical (unpaired) electrons. The van der Waals surface area contributed by atoms with Crippen LogP contribution in [-0.4, -0.2) is 29.0 Å². The van der Waals surface area contributed by atoms with E-state index in [1.165, 1.54) is 0 Å². The summed E-state index contributed by atoms with van der Waals surface area (Å²) < 4.78 is 15.8. The molecule has 0 saturated heterocycles. The Hall–Kier alpha value is -3.19. The Labute approximate surface area is 182 Å². The molecule has 2 aromatic carbocycles. The molecule has 0 aromatic heterocycles. The fourth-order valence-corrected chi connectivity index (χ4v) is 2.76. The molecular formula is C24H29NO6. The minimum Gasteiger partial charge on any atom is -0.461 e. The van der Waals surface area contributed by atoms with E-state index in [9.17, 15) is 14.4 Å². The maximum Gasteiger partial charge on any atom is 0.327 e. The third kappa shape index (κ3) is 8.60. The summed E-state index contributed by atoms with van der Waals surface area (Å²) in [4.78, 5) is 37.6. The second-order valence-corrected chi connectivity index (χ2v) is 8.30. The first-order valence-electron chi connectivity index (χ1n) is 9.99. The van der Waals surface area contributed by atoms with E-state index in [4.69, 9.17) is 19.9 Å². The Kier molecular flexibility index (Phi) is 8.33. The summed E-state index contributed by atoms with van der Waals surface area (Å²) in [6.45, 7) is 5.09. The predicted octanol–water partition coefficient (Wildman–Crippen LogP) is 3.29. The van der Waals surface area contributed by atoms with Gasteiger partial charge in [-0.2, -0.15) is 0 Å². The maximum absolute atomic E-state index is 12.8. The summed E-state index contributed by atoms with van der Waals surface area (Å²) in [5, 5.41) is 0. The Bertz CT molecular complexity index is 876. The lowest BCUT2D eigenvalue weighted by molar-refractivity contribution is -0.166. The van der Waals surface area contributed by atoms with Crippen LogP contribution in [0.2, 0.25) is 0 Å². The van der Waals surface area contributed by atoms with E-state index in [2.05, 4.69) is 0 Å². The fraction of sp³-hybridized carbons (Fsp3) is 0.375. The number of hydrogen-bond donors (Lipinski definition) is 1. The van der Waals surface area contributed by atoms with Gasteiger partial charge in [0.2, 0.25) is 0 Å². The molecule has 2 rings (SSSR count). The quantitative estimate of drug-likeness (QED) is 0.483. The first-order chi connectivity index (χ1) is 14.6. The summed E-state index contributed by atoms with van der Waals surface area (Å²) >= 11 is 0. The molecule has 0 spiro atoms. The molecule has 2 N–H and O–H groups in total. The molecule has 0 amide bonds. The molecule has 2 aromatic rings. The van der Waals surface area contributed by atoms with E-state index in [0.717, 1.165) is 11.1 Å². The van der Waals surface area contributed by atoms with Gasteiger partial charge in [-0.3, -0.25) is 14.4 Å². The molecule has 0 heterocycles. The van der Waals surface area contributed by atoms with Gasteiger partial charge in [-0.25, -0.2) is 0 Å². The lowest BCUT2D eigenvalue weighted by atomic mass is 9.92. The molecule has 7 nitrogen and oxygen atoms in total. The van der Waals surface area contributed by atoms with Crippen LogP contribution in [0.25, 0.3) is 0 Å². The van der Waals surface area contributed by atoms with Crippen molar-refractivity contribution in [3.63, 3.8) is 0 Å². The summed E-state index contributed by atoms with van der Waals surface area (Å²) in [7, 11) is 0. The minimum atomic E-state index is -1.91. The molecular weight excluding hydrogens is 398 g/mol. The highest BCUT2D eigenvalue weighted by atomic mass is 16.6. The van der Waals surface area contributed by atoms with Gasteiger partial charge in [-0.1, -0.05) is 60.7 Å². The zero-order chi connectivity index (χ0) is 22.9. The maximum atomic E-state index is 12.8. The fourth-order valence-electron chi connectivity index (χ4n) is 2.76. The lowest BCUT2D eigenvalue weighted by Gasteiger charge is -2.27. The van der Waals surface area contributed by atoms with Gasteiger partial charge in [0.1, 0.15) is 24.4 Å². The van der Waals surface area contributed by atoms with Gasteiger partial charge >= 0.3 is 17.9 Å². The van der Waals surface area contributed by atoms with Crippen molar-refractivity contribution in [3.8, 4) is 0 Å². The topological polar surface area (TPSA) is 105 Å². The van der Waals surface area contributed by atoms with Crippen molar-refractivity contribution in [2.24, 2.45) is 5.73 Å². The smallest absolute Gasteiger partial charge is 0.327 e. The van der Waals surface area contributed by atoms with Crippen LogP contribution in [-0.2, 0) is 41.8 Å². The molecule has 0 bridgehead atoms. The van der Waals surface area contributed by atoms with Crippen LogP contribution in [0.4, 0.5) is 0 Å². The third-order valence-electron chi connectivity index (χ3n) is 4.20. The predicted molar refractivity (Wildman–Crippen MR) is 114 cm³/mol. The van der Waals surface area contributed by atoms with Crippen LogP contribution in [0.3, 0.4) is 0 Å². The van der Waals surface area contributed by atoms with E-state index in [0.29, 0.717) is 0 Å². The number of carbonyl (C=O) groups is 3. The summed E-state index contributed by atoms with van der Waals surface area (Å²) in [5.41, 5.74) is 5.08. The molecule has 31 heavy (non-hydrogen) atoms. The monoisotopic (exact) mass is 427 g/mol. The number of esters is 3. The number of nitrogens with two attached hydrogens (primary N) is 1. The Morgan fingerprint density at radius 1 is 0.742 bits per heavy atom. The van der Waals surface area contributed by atoms with Crippen LogP contribution in [0, 0.1) is 0 Å². The van der Waals surface area contributed by atoms with Gasteiger partial charge in [0.05, 0.1) is 12.8 Å². The Morgan fingerprint density at radius 3 is 1.68 bits per heavy atom. The normalized spacial score (nSPS) is 13.0. The van der Waals surface area contributed by atoms with Crippen molar-refractivity contribution in [3.05, 3.63) is 71.8 Å². The van der Waals surface area contributed by atoms with Crippen LogP contribution in [0.5, 0.6) is 0 Å². The average Bonchev–Trinajstić information content (AvgIpc) is 2.70. The van der Waals surface area contributed by atoms with Crippen molar-refractivity contribution in [1.82, 2.24) is 0 Å². The second kappa shape index (κ2) is 10.7. The zero-order valence-electron chi connectivity index (χ0n) is 18.1.